The quantitative estimate of drug-likeness (QED) is 0.164. The van der Waals surface area contributed by atoms with E-state index in [9.17, 15) is 0 Å². The number of furan rings is 1. The fourth-order valence-corrected chi connectivity index (χ4v) is 9.16. The van der Waals surface area contributed by atoms with Crippen molar-refractivity contribution < 1.29 is 4.42 Å². The number of anilines is 3. The average Bonchev–Trinajstić information content (AvgIpc) is 3.65. The van der Waals surface area contributed by atoms with Crippen molar-refractivity contribution in [3.8, 4) is 22.3 Å². The monoisotopic (exact) mass is 737 g/mol. The van der Waals surface area contributed by atoms with Gasteiger partial charge >= 0.3 is 0 Å². The first kappa shape index (κ1) is 32.6. The highest BCUT2D eigenvalue weighted by Crippen LogP contribution is 2.46. The summed E-state index contributed by atoms with van der Waals surface area (Å²) < 4.78 is 6.43. The van der Waals surface area contributed by atoms with E-state index >= 15 is 0 Å². The van der Waals surface area contributed by atoms with Crippen molar-refractivity contribution in [3.63, 3.8) is 0 Å². The van der Waals surface area contributed by atoms with E-state index in [1.54, 1.807) is 0 Å². The third-order valence-electron chi connectivity index (χ3n) is 12.0. The van der Waals surface area contributed by atoms with Gasteiger partial charge < -0.3 is 9.32 Å². The molecule has 0 radical (unpaired) electrons. The molecule has 0 atom stereocenters. The first-order valence-corrected chi connectivity index (χ1v) is 19.9. The van der Waals surface area contributed by atoms with Crippen LogP contribution in [0.5, 0.6) is 0 Å². The molecule has 0 aliphatic carbocycles. The molecule has 0 amide bonds. The van der Waals surface area contributed by atoms with Crippen molar-refractivity contribution in [2.24, 2.45) is 0 Å². The van der Waals surface area contributed by atoms with E-state index in [0.717, 1.165) is 50.1 Å². The van der Waals surface area contributed by atoms with Gasteiger partial charge in [0.25, 0.3) is 0 Å². The number of rotatable bonds is 5. The zero-order valence-electron chi connectivity index (χ0n) is 31.6. The van der Waals surface area contributed by atoms with Crippen LogP contribution in [0.3, 0.4) is 0 Å². The van der Waals surface area contributed by atoms with Gasteiger partial charge in [0.2, 0.25) is 0 Å². The molecule has 1 heterocycles. The van der Waals surface area contributed by atoms with Crippen LogP contribution in [0.2, 0.25) is 0 Å². The minimum atomic E-state index is 0.891. The van der Waals surface area contributed by atoms with Crippen LogP contribution in [0.15, 0.2) is 217 Å². The molecule has 0 fully saturated rings. The second-order valence-corrected chi connectivity index (χ2v) is 15.3. The van der Waals surface area contributed by atoms with Gasteiger partial charge in [-0.05, 0) is 120 Å². The number of benzene rings is 11. The molecule has 1 aromatic heterocycles. The number of nitrogens with zero attached hydrogens (tertiary/aromatic N) is 1. The maximum absolute atomic E-state index is 6.43. The molecule has 0 aliphatic heterocycles. The van der Waals surface area contributed by atoms with E-state index in [-0.39, 0.29) is 0 Å². The van der Waals surface area contributed by atoms with Gasteiger partial charge in [-0.3, -0.25) is 0 Å². The molecule has 0 spiro atoms. The maximum Gasteiger partial charge on any atom is 0.136 e. The highest BCUT2D eigenvalue weighted by molar-refractivity contribution is 6.14. The Morgan fingerprint density at radius 1 is 0.276 bits per heavy atom. The first-order valence-electron chi connectivity index (χ1n) is 19.9. The molecule has 2 heteroatoms. The standard InChI is InChI=1S/C56H35NO/c1-2-13-40-35-56-52(33-39(40)12-1)51-34-43(26-31-55(51)58-56)48-16-7-8-18-53(48)57(54-19-9-17-49-46-15-6-4-11-38(46)24-30-50(49)54)44-27-22-36(23-28-44)41-25-29-47-42(32-41)21-20-37-10-3-5-14-45(37)47/h1-35H. The van der Waals surface area contributed by atoms with Crippen LogP contribution >= 0.6 is 0 Å². The number of para-hydroxylation sites is 1. The molecule has 2 nitrogen and oxygen atoms in total. The van der Waals surface area contributed by atoms with E-state index in [4.69, 9.17) is 4.42 Å². The summed E-state index contributed by atoms with van der Waals surface area (Å²) in [6.07, 6.45) is 0. The van der Waals surface area contributed by atoms with Crippen molar-refractivity contribution in [2.45, 2.75) is 0 Å². The Labute approximate surface area is 335 Å². The van der Waals surface area contributed by atoms with Crippen LogP contribution in [0, 0.1) is 0 Å². The van der Waals surface area contributed by atoms with Crippen LogP contribution in [-0.4, -0.2) is 0 Å². The summed E-state index contributed by atoms with van der Waals surface area (Å²) in [6, 6.07) is 77.2. The van der Waals surface area contributed by atoms with Crippen LogP contribution in [0.1, 0.15) is 0 Å². The zero-order chi connectivity index (χ0) is 38.2. The summed E-state index contributed by atoms with van der Waals surface area (Å²) in [4.78, 5) is 2.44. The van der Waals surface area contributed by atoms with Crippen molar-refractivity contribution in [1.29, 1.82) is 0 Å². The fourth-order valence-electron chi connectivity index (χ4n) is 9.16. The predicted molar refractivity (Wildman–Crippen MR) is 247 cm³/mol. The van der Waals surface area contributed by atoms with Gasteiger partial charge in [-0.1, -0.05) is 158 Å². The molecule has 0 N–H and O–H groups in total. The van der Waals surface area contributed by atoms with Crippen molar-refractivity contribution in [3.05, 3.63) is 212 Å². The third kappa shape index (κ3) is 5.19. The Bertz CT molecular complexity index is 3580. The van der Waals surface area contributed by atoms with Crippen molar-refractivity contribution in [1.82, 2.24) is 0 Å². The largest absolute Gasteiger partial charge is 0.456 e. The number of hydrogen-bond acceptors (Lipinski definition) is 2. The number of hydrogen-bond donors (Lipinski definition) is 0. The van der Waals surface area contributed by atoms with E-state index < -0.39 is 0 Å². The Morgan fingerprint density at radius 2 is 0.845 bits per heavy atom. The molecule has 0 aliphatic rings. The Hall–Kier alpha value is -7.68. The molecule has 0 saturated carbocycles. The lowest BCUT2D eigenvalue weighted by Gasteiger charge is -2.29. The third-order valence-corrected chi connectivity index (χ3v) is 12.0. The second-order valence-electron chi connectivity index (χ2n) is 15.3. The Kier molecular flexibility index (Phi) is 7.26. The molecular formula is C56H35NO. The van der Waals surface area contributed by atoms with Gasteiger partial charge in [0.05, 0.1) is 11.4 Å². The van der Waals surface area contributed by atoms with Crippen molar-refractivity contribution >= 4 is 92.9 Å². The lowest BCUT2D eigenvalue weighted by molar-refractivity contribution is 0.669. The minimum absolute atomic E-state index is 0.891. The average molecular weight is 738 g/mol. The van der Waals surface area contributed by atoms with Crippen molar-refractivity contribution in [2.75, 3.05) is 4.90 Å². The van der Waals surface area contributed by atoms with E-state index in [1.165, 1.54) is 65.0 Å². The van der Waals surface area contributed by atoms with Gasteiger partial charge in [-0.15, -0.1) is 0 Å². The molecular weight excluding hydrogens is 703 g/mol. The SMILES string of the molecule is c1ccc(N(c2ccc(-c3ccc4c(ccc5ccccc54)c3)cc2)c2cccc3c2ccc2ccccc23)c(-c2ccc3oc4cc5ccccc5cc4c3c2)c1. The summed E-state index contributed by atoms with van der Waals surface area (Å²) in [6.45, 7) is 0. The molecule has 11 aromatic carbocycles. The first-order chi connectivity index (χ1) is 28.7. The Balaban J connectivity index is 1.03. The molecule has 0 saturated heterocycles. The molecule has 0 bridgehead atoms. The van der Waals surface area contributed by atoms with Crippen LogP contribution in [-0.2, 0) is 0 Å². The maximum atomic E-state index is 6.43. The second kappa shape index (κ2) is 12.9. The summed E-state index contributed by atoms with van der Waals surface area (Å²) in [5.74, 6) is 0. The highest BCUT2D eigenvalue weighted by atomic mass is 16.3. The van der Waals surface area contributed by atoms with E-state index in [2.05, 4.69) is 217 Å². The molecule has 58 heavy (non-hydrogen) atoms. The topological polar surface area (TPSA) is 16.4 Å². The van der Waals surface area contributed by atoms with Crippen LogP contribution < -0.4 is 4.90 Å². The minimum Gasteiger partial charge on any atom is -0.456 e. The highest BCUT2D eigenvalue weighted by Gasteiger charge is 2.21. The van der Waals surface area contributed by atoms with Crippen LogP contribution in [0.4, 0.5) is 17.1 Å². The van der Waals surface area contributed by atoms with Gasteiger partial charge in [0.15, 0.2) is 0 Å². The van der Waals surface area contributed by atoms with Crippen LogP contribution in [0.25, 0.3) is 98.1 Å². The van der Waals surface area contributed by atoms with Gasteiger partial charge in [-0.25, -0.2) is 0 Å². The summed E-state index contributed by atoms with van der Waals surface area (Å²) >= 11 is 0. The van der Waals surface area contributed by atoms with E-state index in [0.29, 0.717) is 0 Å². The molecule has 12 rings (SSSR count). The predicted octanol–water partition coefficient (Wildman–Crippen LogP) is 16.2. The smallest absolute Gasteiger partial charge is 0.136 e. The normalized spacial score (nSPS) is 11.8. The summed E-state index contributed by atoms with van der Waals surface area (Å²) in [5.41, 5.74) is 9.77. The van der Waals surface area contributed by atoms with Gasteiger partial charge in [0.1, 0.15) is 11.2 Å². The molecule has 0 unspecified atom stereocenters. The lowest BCUT2D eigenvalue weighted by Crippen LogP contribution is -2.11. The fraction of sp³-hybridized carbons (Fsp3) is 0. The Morgan fingerprint density at radius 3 is 1.67 bits per heavy atom. The van der Waals surface area contributed by atoms with Gasteiger partial charge in [0, 0.05) is 27.4 Å². The molecule has 12 aromatic rings. The summed E-state index contributed by atoms with van der Waals surface area (Å²) in [5, 5.41) is 14.6. The zero-order valence-corrected chi connectivity index (χ0v) is 31.6. The number of fused-ring (bicyclic) bond motifs is 10. The lowest BCUT2D eigenvalue weighted by atomic mass is 9.96. The summed E-state index contributed by atoms with van der Waals surface area (Å²) in [7, 11) is 0. The van der Waals surface area contributed by atoms with Gasteiger partial charge in [-0.2, -0.15) is 0 Å². The molecule has 270 valence electrons. The van der Waals surface area contributed by atoms with E-state index in [1.807, 2.05) is 0 Å².